The monoisotopic (exact) mass is 727 g/mol. The average molecular weight is 728 g/mol. The van der Waals surface area contributed by atoms with Crippen molar-refractivity contribution in [2.75, 3.05) is 24.7 Å². The topological polar surface area (TPSA) is 166 Å². The number of carboxylic acids is 1. The summed E-state index contributed by atoms with van der Waals surface area (Å²) >= 11 is 9.28. The molecule has 4 rings (SSSR count). The summed E-state index contributed by atoms with van der Waals surface area (Å²) in [4.78, 5) is 39.0. The van der Waals surface area contributed by atoms with Gasteiger partial charge in [-0.15, -0.1) is 0 Å². The quantitative estimate of drug-likeness (QED) is 0.124. The number of esters is 1. The largest absolute Gasteiger partial charge is 0.480 e. The van der Waals surface area contributed by atoms with Crippen molar-refractivity contribution in [3.63, 3.8) is 0 Å². The van der Waals surface area contributed by atoms with E-state index in [1.807, 2.05) is 24.3 Å². The molecule has 0 spiro atoms. The second-order valence-corrected chi connectivity index (χ2v) is 15.5. The predicted octanol–water partition coefficient (Wildman–Crippen LogP) is 4.19. The molecule has 0 saturated carbocycles. The van der Waals surface area contributed by atoms with Gasteiger partial charge < -0.3 is 20.1 Å². The standard InChI is InChI=1S/C31H42ClN5O7S3/c1-4-5-8-28-35-23-14-22(32)27(15-26(23)46-36-28)47(42,43)33-16-20-9-11-21(12-10-20)17-45-18-24(31(41)44-3)34-19(2)29(38)37-13-6-7-25(37)30(39)40/h9-12,14-15,19,24-25,28,33-36H,4-8,13,16-18H2,1-3H3,(H,39,40)/t19-,24+,25-,28?/m0/s1. The number of nitrogens with zero attached hydrogens (tertiary/aromatic N) is 1. The molecule has 1 saturated heterocycles. The van der Waals surface area contributed by atoms with Crippen LogP contribution >= 0.6 is 35.3 Å². The highest BCUT2D eigenvalue weighted by molar-refractivity contribution is 7.98. The Morgan fingerprint density at radius 3 is 2.62 bits per heavy atom. The molecule has 2 heterocycles. The fourth-order valence-corrected chi connectivity index (χ4v) is 8.88. The van der Waals surface area contributed by atoms with Crippen LogP contribution in [-0.2, 0) is 41.4 Å². The fourth-order valence-electron chi connectivity index (χ4n) is 5.37. The number of fused-ring (bicyclic) bond motifs is 1. The minimum absolute atomic E-state index is 0.0148. The van der Waals surface area contributed by atoms with Gasteiger partial charge in [-0.25, -0.2) is 22.7 Å². The molecule has 1 amide bonds. The van der Waals surface area contributed by atoms with Gasteiger partial charge in [0.25, 0.3) is 0 Å². The van der Waals surface area contributed by atoms with E-state index >= 15 is 0 Å². The van der Waals surface area contributed by atoms with E-state index in [4.69, 9.17) is 16.3 Å². The van der Waals surface area contributed by atoms with E-state index in [9.17, 15) is 27.9 Å². The van der Waals surface area contributed by atoms with Gasteiger partial charge in [0.15, 0.2) is 0 Å². The van der Waals surface area contributed by atoms with Crippen LogP contribution in [-0.4, -0.2) is 80.0 Å². The number of likely N-dealkylation sites (tertiary alicyclic amines) is 1. The second-order valence-electron chi connectivity index (χ2n) is 11.5. The Labute approximate surface area is 289 Å². The average Bonchev–Trinajstić information content (AvgIpc) is 3.56. The molecule has 4 atom stereocenters. The summed E-state index contributed by atoms with van der Waals surface area (Å²) in [5.74, 6) is -1.04. The summed E-state index contributed by atoms with van der Waals surface area (Å²) in [5.41, 5.74) is 2.53. The maximum Gasteiger partial charge on any atom is 0.326 e. The predicted molar refractivity (Wildman–Crippen MR) is 185 cm³/mol. The van der Waals surface area contributed by atoms with E-state index in [0.717, 1.165) is 41.0 Å². The van der Waals surface area contributed by atoms with E-state index in [1.165, 1.54) is 35.7 Å². The van der Waals surface area contributed by atoms with Crippen molar-refractivity contribution in [1.29, 1.82) is 0 Å². The number of carboxylic acid groups (broad SMARTS) is 1. The second kappa shape index (κ2) is 17.2. The first-order valence-electron chi connectivity index (χ1n) is 15.5. The van der Waals surface area contributed by atoms with Crippen LogP contribution in [0, 0.1) is 0 Å². The molecule has 0 bridgehead atoms. The number of rotatable bonds is 16. The van der Waals surface area contributed by atoms with Gasteiger partial charge in [0.05, 0.1) is 30.0 Å². The normalized spacial score (nSPS) is 19.0. The van der Waals surface area contributed by atoms with Gasteiger partial charge in [-0.1, -0.05) is 55.6 Å². The van der Waals surface area contributed by atoms with Crippen molar-refractivity contribution in [3.05, 3.63) is 52.5 Å². The number of benzene rings is 2. The van der Waals surface area contributed by atoms with Gasteiger partial charge in [0.2, 0.25) is 15.9 Å². The molecule has 1 fully saturated rings. The van der Waals surface area contributed by atoms with Crippen molar-refractivity contribution >= 4 is 68.9 Å². The lowest BCUT2D eigenvalue weighted by Gasteiger charge is -2.28. The summed E-state index contributed by atoms with van der Waals surface area (Å²) < 4.78 is 37.2. The number of aliphatic carboxylic acids is 1. The van der Waals surface area contributed by atoms with Crippen molar-refractivity contribution in [2.45, 2.75) is 92.3 Å². The molecule has 1 unspecified atom stereocenters. The Hall–Kier alpha value is -2.53. The first kappa shape index (κ1) is 37.3. The number of carbonyl (C=O) groups is 3. The zero-order valence-electron chi connectivity index (χ0n) is 26.6. The lowest BCUT2D eigenvalue weighted by molar-refractivity contribution is -0.149. The third kappa shape index (κ3) is 10.00. The van der Waals surface area contributed by atoms with Gasteiger partial charge >= 0.3 is 11.9 Å². The molecule has 0 radical (unpaired) electrons. The number of halogens is 1. The summed E-state index contributed by atoms with van der Waals surface area (Å²) in [6.45, 7) is 4.19. The molecule has 2 aliphatic heterocycles. The number of thioether (sulfide) groups is 1. The maximum atomic E-state index is 13.2. The minimum Gasteiger partial charge on any atom is -0.480 e. The molecule has 2 aromatic rings. The van der Waals surface area contributed by atoms with Crippen LogP contribution in [0.4, 0.5) is 5.69 Å². The SMILES string of the molecule is CCCCC1NSc2cc(S(=O)(=O)NCc3ccc(CSC[C@@H](N[C@@H](C)C(=O)N4CCC[C@H]4C(=O)O)C(=O)OC)cc3)c(Cl)cc2N1. The molecule has 2 aliphatic rings. The van der Waals surface area contributed by atoms with E-state index in [2.05, 4.69) is 27.0 Å². The van der Waals surface area contributed by atoms with E-state index in [1.54, 1.807) is 19.1 Å². The molecular formula is C31H42ClN5O7S3. The number of hydrogen-bond donors (Lipinski definition) is 5. The summed E-state index contributed by atoms with van der Waals surface area (Å²) in [6.07, 6.45) is 4.22. The van der Waals surface area contributed by atoms with Crippen LogP contribution in [0.5, 0.6) is 0 Å². The number of nitrogens with one attached hydrogen (secondary N) is 4. The summed E-state index contributed by atoms with van der Waals surface area (Å²) in [6, 6.07) is 8.28. The van der Waals surface area contributed by atoms with Gasteiger partial charge in [0.1, 0.15) is 17.0 Å². The number of ether oxygens (including phenoxy) is 1. The van der Waals surface area contributed by atoms with E-state index < -0.39 is 40.1 Å². The van der Waals surface area contributed by atoms with Gasteiger partial charge in [0, 0.05) is 29.5 Å². The number of unbranched alkanes of at least 4 members (excludes halogenated alkanes) is 1. The zero-order chi connectivity index (χ0) is 34.1. The Morgan fingerprint density at radius 1 is 1.21 bits per heavy atom. The van der Waals surface area contributed by atoms with Crippen LogP contribution in [0.25, 0.3) is 0 Å². The number of hydrogen-bond acceptors (Lipinski definition) is 11. The van der Waals surface area contributed by atoms with Crippen molar-refractivity contribution < 1.29 is 32.6 Å². The molecule has 47 heavy (non-hydrogen) atoms. The molecule has 0 aliphatic carbocycles. The third-order valence-corrected chi connectivity index (χ3v) is 11.9. The smallest absolute Gasteiger partial charge is 0.326 e. The third-order valence-electron chi connectivity index (χ3n) is 7.98. The van der Waals surface area contributed by atoms with Crippen LogP contribution in [0.1, 0.15) is 57.1 Å². The molecule has 12 nitrogen and oxygen atoms in total. The van der Waals surface area contributed by atoms with Crippen LogP contribution in [0.3, 0.4) is 0 Å². The Balaban J connectivity index is 1.28. The first-order chi connectivity index (χ1) is 22.4. The number of anilines is 1. The zero-order valence-corrected chi connectivity index (χ0v) is 29.8. The van der Waals surface area contributed by atoms with Crippen molar-refractivity contribution in [2.24, 2.45) is 0 Å². The summed E-state index contributed by atoms with van der Waals surface area (Å²) in [7, 11) is -2.61. The number of amides is 1. The summed E-state index contributed by atoms with van der Waals surface area (Å²) in [5, 5.41) is 16.0. The molecular weight excluding hydrogens is 686 g/mol. The maximum absolute atomic E-state index is 13.2. The molecule has 2 aromatic carbocycles. The molecule has 16 heteroatoms. The van der Waals surface area contributed by atoms with Gasteiger partial charge in [-0.2, -0.15) is 11.8 Å². The van der Waals surface area contributed by atoms with Gasteiger partial charge in [-0.3, -0.25) is 14.9 Å². The van der Waals surface area contributed by atoms with Crippen LogP contribution in [0.15, 0.2) is 46.2 Å². The highest BCUT2D eigenvalue weighted by Gasteiger charge is 2.37. The Bertz CT molecular complexity index is 1530. The number of sulfonamides is 1. The van der Waals surface area contributed by atoms with Crippen molar-refractivity contribution in [1.82, 2.24) is 19.7 Å². The molecule has 0 aromatic heterocycles. The Kier molecular flexibility index (Phi) is 13.7. The van der Waals surface area contributed by atoms with Crippen LogP contribution in [0.2, 0.25) is 5.02 Å². The number of methoxy groups -OCH3 is 1. The molecule has 5 N–H and O–H groups in total. The van der Waals surface area contributed by atoms with Gasteiger partial charge in [-0.05, 0) is 61.4 Å². The minimum atomic E-state index is -3.89. The fraction of sp³-hybridized carbons (Fsp3) is 0.516. The van der Waals surface area contributed by atoms with Crippen molar-refractivity contribution in [3.8, 4) is 0 Å². The Morgan fingerprint density at radius 2 is 1.94 bits per heavy atom. The number of carbonyl (C=O) groups excluding carboxylic acids is 2. The first-order valence-corrected chi connectivity index (χ1v) is 19.3. The molecule has 258 valence electrons. The van der Waals surface area contributed by atoms with Crippen LogP contribution < -0.4 is 20.1 Å². The highest BCUT2D eigenvalue weighted by Crippen LogP contribution is 2.37. The van der Waals surface area contributed by atoms with E-state index in [-0.39, 0.29) is 28.5 Å². The lowest BCUT2D eigenvalue weighted by Crippen LogP contribution is -2.53. The van der Waals surface area contributed by atoms with E-state index in [0.29, 0.717) is 30.9 Å². The lowest BCUT2D eigenvalue weighted by atomic mass is 10.1. The highest BCUT2D eigenvalue weighted by atomic mass is 35.5.